The molecule has 138 valence electrons. The fourth-order valence-electron chi connectivity index (χ4n) is 4.44. The van der Waals surface area contributed by atoms with Gasteiger partial charge in [0.05, 0.1) is 11.7 Å². The molecule has 25 heavy (non-hydrogen) atoms. The largest absolute Gasteiger partial charge is 0.334 e. The molecule has 1 N–H and O–H groups in total. The minimum absolute atomic E-state index is 0.122. The second-order valence-electron chi connectivity index (χ2n) is 8.14. The van der Waals surface area contributed by atoms with Gasteiger partial charge in [0.2, 0.25) is 0 Å². The van der Waals surface area contributed by atoms with Crippen LogP contribution in [0.3, 0.4) is 0 Å². The van der Waals surface area contributed by atoms with Crippen LogP contribution in [0.2, 0.25) is 0 Å². The smallest absolute Gasteiger partial charge is 0.276 e. The lowest BCUT2D eigenvalue weighted by atomic mass is 9.93. The van der Waals surface area contributed by atoms with Crippen LogP contribution in [0.4, 0.5) is 0 Å². The Balaban J connectivity index is 1.53. The van der Waals surface area contributed by atoms with Crippen molar-refractivity contribution in [1.29, 1.82) is 0 Å². The quantitative estimate of drug-likeness (QED) is 0.891. The summed E-state index contributed by atoms with van der Waals surface area (Å²) in [5.74, 6) is 0.835. The fraction of sp³-hybridized carbons (Fsp3) is 0.842. The third kappa shape index (κ3) is 3.73. The van der Waals surface area contributed by atoms with E-state index < -0.39 is 0 Å². The second-order valence-corrected chi connectivity index (χ2v) is 8.14. The lowest BCUT2D eigenvalue weighted by molar-refractivity contribution is 0.0615. The summed E-state index contributed by atoms with van der Waals surface area (Å²) < 4.78 is 2.00. The van der Waals surface area contributed by atoms with E-state index in [9.17, 15) is 4.79 Å². The standard InChI is InChI=1S/C19H31N5O/c1-14-18(21-22-24(14)17-9-11-20-12-10-17)19(25)23(13-15-7-8-15)16-5-3-2-4-6-16/h15-17,20H,2-13H2,1H3. The van der Waals surface area contributed by atoms with Gasteiger partial charge in [0.15, 0.2) is 5.69 Å². The number of nitrogens with one attached hydrogen (secondary N) is 1. The molecule has 0 bridgehead atoms. The summed E-state index contributed by atoms with van der Waals surface area (Å²) in [6.45, 7) is 4.97. The molecule has 4 rings (SSSR count). The van der Waals surface area contributed by atoms with Gasteiger partial charge in [-0.3, -0.25) is 4.79 Å². The van der Waals surface area contributed by atoms with E-state index in [0.717, 1.165) is 51.0 Å². The lowest BCUT2D eigenvalue weighted by Gasteiger charge is -2.34. The summed E-state index contributed by atoms with van der Waals surface area (Å²) in [6.07, 6.45) is 10.8. The van der Waals surface area contributed by atoms with Crippen molar-refractivity contribution in [3.63, 3.8) is 0 Å². The van der Waals surface area contributed by atoms with Crippen molar-refractivity contribution in [3.05, 3.63) is 11.4 Å². The summed E-state index contributed by atoms with van der Waals surface area (Å²) in [7, 11) is 0. The Morgan fingerprint density at radius 3 is 2.52 bits per heavy atom. The molecule has 0 aromatic carbocycles. The number of carbonyl (C=O) groups excluding carboxylic acids is 1. The maximum Gasteiger partial charge on any atom is 0.276 e. The molecule has 2 heterocycles. The molecule has 1 amide bonds. The third-order valence-corrected chi connectivity index (χ3v) is 6.21. The number of nitrogens with zero attached hydrogens (tertiary/aromatic N) is 4. The Morgan fingerprint density at radius 1 is 1.12 bits per heavy atom. The first-order valence-electron chi connectivity index (χ1n) is 10.2. The van der Waals surface area contributed by atoms with Crippen molar-refractivity contribution in [2.24, 2.45) is 5.92 Å². The first-order chi connectivity index (χ1) is 12.2. The van der Waals surface area contributed by atoms with Gasteiger partial charge in [-0.1, -0.05) is 24.5 Å². The third-order valence-electron chi connectivity index (χ3n) is 6.21. The topological polar surface area (TPSA) is 63.1 Å². The van der Waals surface area contributed by atoms with Crippen LogP contribution in [0, 0.1) is 12.8 Å². The molecule has 0 radical (unpaired) electrons. The number of hydrogen-bond donors (Lipinski definition) is 1. The van der Waals surface area contributed by atoms with Crippen LogP contribution in [-0.4, -0.2) is 51.5 Å². The Bertz CT molecular complexity index is 597. The number of piperidine rings is 1. The molecule has 0 spiro atoms. The van der Waals surface area contributed by atoms with Crippen molar-refractivity contribution in [2.75, 3.05) is 19.6 Å². The molecule has 2 aliphatic carbocycles. The van der Waals surface area contributed by atoms with E-state index >= 15 is 0 Å². The number of rotatable bonds is 5. The molecule has 6 heteroatoms. The van der Waals surface area contributed by atoms with E-state index in [1.165, 1.54) is 32.1 Å². The molecular formula is C19H31N5O. The normalized spacial score (nSPS) is 22.9. The van der Waals surface area contributed by atoms with E-state index in [2.05, 4.69) is 20.5 Å². The molecule has 3 fully saturated rings. The molecule has 3 aliphatic rings. The highest BCUT2D eigenvalue weighted by molar-refractivity contribution is 5.93. The summed E-state index contributed by atoms with van der Waals surface area (Å²) in [4.78, 5) is 15.5. The van der Waals surface area contributed by atoms with Gasteiger partial charge in [-0.25, -0.2) is 4.68 Å². The maximum absolute atomic E-state index is 13.3. The molecule has 1 aromatic rings. The summed E-state index contributed by atoms with van der Waals surface area (Å²) in [6, 6.07) is 0.784. The first-order valence-corrected chi connectivity index (χ1v) is 10.2. The highest BCUT2D eigenvalue weighted by atomic mass is 16.2. The van der Waals surface area contributed by atoms with Crippen LogP contribution >= 0.6 is 0 Å². The molecule has 0 atom stereocenters. The molecule has 1 saturated heterocycles. The molecule has 1 aromatic heterocycles. The van der Waals surface area contributed by atoms with Crippen molar-refractivity contribution in [1.82, 2.24) is 25.2 Å². The zero-order valence-corrected chi connectivity index (χ0v) is 15.4. The van der Waals surface area contributed by atoms with Crippen LogP contribution in [0.5, 0.6) is 0 Å². The molecule has 0 unspecified atom stereocenters. The van der Waals surface area contributed by atoms with Gasteiger partial charge in [0, 0.05) is 12.6 Å². The number of aromatic nitrogens is 3. The number of amides is 1. The molecule has 6 nitrogen and oxygen atoms in total. The van der Waals surface area contributed by atoms with E-state index in [1.807, 2.05) is 11.6 Å². The van der Waals surface area contributed by atoms with Crippen LogP contribution in [-0.2, 0) is 0 Å². The average molecular weight is 345 g/mol. The summed E-state index contributed by atoms with van der Waals surface area (Å²) in [5, 5.41) is 12.1. The van der Waals surface area contributed by atoms with Crippen LogP contribution < -0.4 is 5.32 Å². The fourth-order valence-corrected chi connectivity index (χ4v) is 4.44. The molecule has 2 saturated carbocycles. The number of carbonyl (C=O) groups is 1. The maximum atomic E-state index is 13.3. The van der Waals surface area contributed by atoms with Gasteiger partial charge < -0.3 is 10.2 Å². The Kier molecular flexibility index (Phi) is 5.06. The predicted octanol–water partition coefficient (Wildman–Crippen LogP) is 2.70. The SMILES string of the molecule is Cc1c(C(=O)N(CC2CC2)C2CCCCC2)nnn1C1CCNCC1. The predicted molar refractivity (Wildman–Crippen MR) is 96.5 cm³/mol. The van der Waals surface area contributed by atoms with Gasteiger partial charge in [-0.05, 0) is 64.5 Å². The van der Waals surface area contributed by atoms with E-state index in [1.54, 1.807) is 0 Å². The van der Waals surface area contributed by atoms with Gasteiger partial charge in [0.1, 0.15) is 0 Å². The first kappa shape index (κ1) is 17.0. The van der Waals surface area contributed by atoms with Gasteiger partial charge in [0.25, 0.3) is 5.91 Å². The average Bonchev–Trinajstić information content (AvgIpc) is 3.40. The van der Waals surface area contributed by atoms with Gasteiger partial charge >= 0.3 is 0 Å². The monoisotopic (exact) mass is 345 g/mol. The minimum Gasteiger partial charge on any atom is -0.334 e. The Morgan fingerprint density at radius 2 is 1.84 bits per heavy atom. The van der Waals surface area contributed by atoms with E-state index in [0.29, 0.717) is 23.7 Å². The molecule has 1 aliphatic heterocycles. The molecular weight excluding hydrogens is 314 g/mol. The zero-order valence-electron chi connectivity index (χ0n) is 15.4. The van der Waals surface area contributed by atoms with Crippen LogP contribution in [0.15, 0.2) is 0 Å². The zero-order chi connectivity index (χ0) is 17.2. The van der Waals surface area contributed by atoms with Crippen molar-refractivity contribution in [3.8, 4) is 0 Å². The summed E-state index contributed by atoms with van der Waals surface area (Å²) >= 11 is 0. The summed E-state index contributed by atoms with van der Waals surface area (Å²) in [5.41, 5.74) is 1.54. The lowest BCUT2D eigenvalue weighted by Crippen LogP contribution is -2.43. The highest BCUT2D eigenvalue weighted by Crippen LogP contribution is 2.33. The van der Waals surface area contributed by atoms with E-state index in [-0.39, 0.29) is 5.91 Å². The van der Waals surface area contributed by atoms with Crippen molar-refractivity contribution >= 4 is 5.91 Å². The Hall–Kier alpha value is -1.43. The second kappa shape index (κ2) is 7.44. The van der Waals surface area contributed by atoms with Gasteiger partial charge in [-0.2, -0.15) is 0 Å². The number of hydrogen-bond acceptors (Lipinski definition) is 4. The van der Waals surface area contributed by atoms with Crippen molar-refractivity contribution in [2.45, 2.75) is 76.8 Å². The highest BCUT2D eigenvalue weighted by Gasteiger charge is 2.34. The van der Waals surface area contributed by atoms with Crippen molar-refractivity contribution < 1.29 is 4.79 Å². The minimum atomic E-state index is 0.122. The van der Waals surface area contributed by atoms with Crippen LogP contribution in [0.1, 0.15) is 80.0 Å². The Labute approximate surface area is 150 Å². The van der Waals surface area contributed by atoms with Crippen LogP contribution in [0.25, 0.3) is 0 Å². The van der Waals surface area contributed by atoms with Gasteiger partial charge in [-0.15, -0.1) is 5.10 Å². The van der Waals surface area contributed by atoms with E-state index in [4.69, 9.17) is 0 Å².